The third-order valence-corrected chi connectivity index (χ3v) is 3.98. The molecule has 156 valence electrons. The number of carbonyl (C=O) groups excluding carboxylic acids is 2. The summed E-state index contributed by atoms with van der Waals surface area (Å²) in [6.07, 6.45) is -0.979. The third kappa shape index (κ3) is 6.41. The van der Waals surface area contributed by atoms with Crippen molar-refractivity contribution in [1.29, 1.82) is 0 Å². The van der Waals surface area contributed by atoms with E-state index in [4.69, 9.17) is 18.9 Å². The molecule has 0 aromatic heterocycles. The highest BCUT2D eigenvalue weighted by Crippen LogP contribution is 2.29. The van der Waals surface area contributed by atoms with Crippen LogP contribution in [-0.4, -0.2) is 38.8 Å². The molecule has 7 heteroatoms. The van der Waals surface area contributed by atoms with Gasteiger partial charge in [-0.25, -0.2) is 4.79 Å². The quantitative estimate of drug-likeness (QED) is 0.641. The largest absolute Gasteiger partial charge is 0.497 e. The van der Waals surface area contributed by atoms with Gasteiger partial charge in [0.25, 0.3) is 5.91 Å². The number of methoxy groups -OCH3 is 2. The van der Waals surface area contributed by atoms with Gasteiger partial charge in [-0.15, -0.1) is 0 Å². The Labute approximate surface area is 170 Å². The molecule has 0 saturated heterocycles. The van der Waals surface area contributed by atoms with Gasteiger partial charge >= 0.3 is 5.97 Å². The van der Waals surface area contributed by atoms with E-state index < -0.39 is 18.0 Å². The maximum atomic E-state index is 12.4. The van der Waals surface area contributed by atoms with Crippen LogP contribution in [0.25, 0.3) is 0 Å². The Balaban J connectivity index is 1.99. The number of anilines is 1. The molecule has 0 aliphatic rings. The lowest BCUT2D eigenvalue weighted by Gasteiger charge is -2.15. The number of carbonyl (C=O) groups is 2. The molecule has 2 aromatic carbocycles. The van der Waals surface area contributed by atoms with Crippen LogP contribution in [0, 0.1) is 5.92 Å². The summed E-state index contributed by atoms with van der Waals surface area (Å²) in [6.45, 7) is 6.12. The van der Waals surface area contributed by atoms with Crippen molar-refractivity contribution in [2.24, 2.45) is 5.92 Å². The Bertz CT molecular complexity index is 832. The predicted octanol–water partition coefficient (Wildman–Crippen LogP) is 3.92. The molecule has 0 unspecified atom stereocenters. The van der Waals surface area contributed by atoms with E-state index in [0.717, 1.165) is 0 Å². The van der Waals surface area contributed by atoms with Gasteiger partial charge in [0.15, 0.2) is 17.6 Å². The molecule has 7 nitrogen and oxygen atoms in total. The van der Waals surface area contributed by atoms with Crippen molar-refractivity contribution in [3.63, 3.8) is 0 Å². The lowest BCUT2D eigenvalue weighted by atomic mass is 10.2. The summed E-state index contributed by atoms with van der Waals surface area (Å²) < 4.78 is 21.3. The fourth-order valence-electron chi connectivity index (χ4n) is 2.37. The molecular formula is C22H27NO6. The van der Waals surface area contributed by atoms with E-state index in [0.29, 0.717) is 35.5 Å². The van der Waals surface area contributed by atoms with E-state index in [1.807, 2.05) is 13.8 Å². The van der Waals surface area contributed by atoms with Crippen molar-refractivity contribution < 1.29 is 28.5 Å². The van der Waals surface area contributed by atoms with Crippen molar-refractivity contribution in [2.75, 3.05) is 26.1 Å². The maximum Gasteiger partial charge on any atom is 0.339 e. The number of nitrogens with one attached hydrogen (secondary N) is 1. The molecule has 2 aromatic rings. The Kier molecular flexibility index (Phi) is 7.88. The Hall–Kier alpha value is -3.22. The normalized spacial score (nSPS) is 11.5. The summed E-state index contributed by atoms with van der Waals surface area (Å²) in [6, 6.07) is 11.6. The minimum atomic E-state index is -0.979. The van der Waals surface area contributed by atoms with E-state index >= 15 is 0 Å². The van der Waals surface area contributed by atoms with Crippen LogP contribution in [0.15, 0.2) is 42.5 Å². The first-order chi connectivity index (χ1) is 13.8. The van der Waals surface area contributed by atoms with Gasteiger partial charge in [-0.3, -0.25) is 4.79 Å². The van der Waals surface area contributed by atoms with E-state index in [1.165, 1.54) is 20.1 Å². The first kappa shape index (κ1) is 22.1. The summed E-state index contributed by atoms with van der Waals surface area (Å²) >= 11 is 0. The zero-order chi connectivity index (χ0) is 21.4. The van der Waals surface area contributed by atoms with Crippen molar-refractivity contribution in [3.05, 3.63) is 48.0 Å². The summed E-state index contributed by atoms with van der Waals surface area (Å²) in [7, 11) is 3.06. The topological polar surface area (TPSA) is 83.1 Å². The van der Waals surface area contributed by atoms with Gasteiger partial charge in [0, 0.05) is 5.69 Å². The van der Waals surface area contributed by atoms with Gasteiger partial charge in [0.2, 0.25) is 0 Å². The Morgan fingerprint density at radius 1 is 0.931 bits per heavy atom. The average Bonchev–Trinajstić information content (AvgIpc) is 2.72. The molecule has 0 aliphatic carbocycles. The molecule has 0 spiro atoms. The van der Waals surface area contributed by atoms with E-state index in [1.54, 1.807) is 43.5 Å². The second-order valence-electron chi connectivity index (χ2n) is 6.84. The monoisotopic (exact) mass is 401 g/mol. The van der Waals surface area contributed by atoms with E-state index in [-0.39, 0.29) is 5.56 Å². The number of benzene rings is 2. The lowest BCUT2D eigenvalue weighted by Crippen LogP contribution is -2.30. The second kappa shape index (κ2) is 10.4. The highest BCUT2D eigenvalue weighted by atomic mass is 16.5. The van der Waals surface area contributed by atoms with Gasteiger partial charge in [-0.05, 0) is 55.3 Å². The summed E-state index contributed by atoms with van der Waals surface area (Å²) in [5, 5.41) is 2.69. The Morgan fingerprint density at radius 2 is 1.62 bits per heavy atom. The molecule has 0 heterocycles. The number of ether oxygens (including phenoxy) is 4. The molecule has 29 heavy (non-hydrogen) atoms. The first-order valence-corrected chi connectivity index (χ1v) is 9.30. The zero-order valence-corrected chi connectivity index (χ0v) is 17.4. The molecule has 1 N–H and O–H groups in total. The van der Waals surface area contributed by atoms with E-state index in [2.05, 4.69) is 5.32 Å². The molecule has 0 bridgehead atoms. The molecule has 0 saturated carbocycles. The van der Waals surface area contributed by atoms with Crippen LogP contribution in [0.2, 0.25) is 0 Å². The van der Waals surface area contributed by atoms with Crippen molar-refractivity contribution in [2.45, 2.75) is 26.9 Å². The van der Waals surface area contributed by atoms with Gasteiger partial charge in [-0.1, -0.05) is 13.8 Å². The third-order valence-electron chi connectivity index (χ3n) is 3.98. The second-order valence-corrected chi connectivity index (χ2v) is 6.84. The summed E-state index contributed by atoms with van der Waals surface area (Å²) in [5.41, 5.74) is 0.842. The summed E-state index contributed by atoms with van der Waals surface area (Å²) in [5.74, 6) is 0.939. The lowest BCUT2D eigenvalue weighted by molar-refractivity contribution is -0.123. The maximum absolute atomic E-state index is 12.4. The van der Waals surface area contributed by atoms with Crippen molar-refractivity contribution in [1.82, 2.24) is 0 Å². The van der Waals surface area contributed by atoms with Crippen LogP contribution in [0.1, 0.15) is 31.1 Å². The van der Waals surface area contributed by atoms with Gasteiger partial charge < -0.3 is 24.3 Å². The van der Waals surface area contributed by atoms with Crippen LogP contribution in [0.5, 0.6) is 17.2 Å². The van der Waals surface area contributed by atoms with E-state index in [9.17, 15) is 9.59 Å². The molecule has 0 fully saturated rings. The fraction of sp³-hybridized carbons (Fsp3) is 0.364. The van der Waals surface area contributed by atoms with Crippen LogP contribution in [0.3, 0.4) is 0 Å². The highest BCUT2D eigenvalue weighted by Gasteiger charge is 2.20. The minimum Gasteiger partial charge on any atom is -0.497 e. The van der Waals surface area contributed by atoms with Gasteiger partial charge in [0.1, 0.15) is 5.75 Å². The van der Waals surface area contributed by atoms with Crippen LogP contribution in [0.4, 0.5) is 5.69 Å². The van der Waals surface area contributed by atoms with Gasteiger partial charge in [-0.2, -0.15) is 0 Å². The van der Waals surface area contributed by atoms with Crippen LogP contribution >= 0.6 is 0 Å². The van der Waals surface area contributed by atoms with Crippen LogP contribution in [-0.2, 0) is 9.53 Å². The van der Waals surface area contributed by atoms with Crippen molar-refractivity contribution >= 4 is 17.6 Å². The average molecular weight is 401 g/mol. The van der Waals surface area contributed by atoms with Gasteiger partial charge in [0.05, 0.1) is 26.4 Å². The number of hydrogen-bond acceptors (Lipinski definition) is 6. The SMILES string of the molecule is COc1ccc(NC(=O)[C@@H](C)OC(=O)c2ccc(OCC(C)C)c(OC)c2)cc1. The highest BCUT2D eigenvalue weighted by molar-refractivity contribution is 5.97. The molecule has 2 rings (SSSR count). The Morgan fingerprint density at radius 3 is 2.21 bits per heavy atom. The fourth-order valence-corrected chi connectivity index (χ4v) is 2.37. The smallest absolute Gasteiger partial charge is 0.339 e. The number of amides is 1. The molecule has 1 amide bonds. The van der Waals surface area contributed by atoms with Crippen LogP contribution < -0.4 is 19.5 Å². The zero-order valence-electron chi connectivity index (χ0n) is 17.4. The molecule has 1 atom stereocenters. The number of rotatable bonds is 9. The number of hydrogen-bond donors (Lipinski definition) is 1. The molecule has 0 aliphatic heterocycles. The first-order valence-electron chi connectivity index (χ1n) is 9.30. The minimum absolute atomic E-state index is 0.267. The summed E-state index contributed by atoms with van der Waals surface area (Å²) in [4.78, 5) is 24.7. The predicted molar refractivity (Wildman–Crippen MR) is 110 cm³/mol. The molecular weight excluding hydrogens is 374 g/mol. The number of esters is 1. The van der Waals surface area contributed by atoms with Crippen molar-refractivity contribution in [3.8, 4) is 17.2 Å². The standard InChI is InChI=1S/C22H27NO6/c1-14(2)13-28-19-11-6-16(12-20(19)27-5)22(25)29-15(3)21(24)23-17-7-9-18(26-4)10-8-17/h6-12,14-15H,13H2,1-5H3,(H,23,24)/t15-/m1/s1. The molecule has 0 radical (unpaired) electrons.